The Hall–Kier alpha value is -0.610. The number of rotatable bonds is 4. The summed E-state index contributed by atoms with van der Waals surface area (Å²) in [4.78, 5) is 13.7. The zero-order chi connectivity index (χ0) is 11.4. The second-order valence-electron chi connectivity index (χ2n) is 4.94. The van der Waals surface area contributed by atoms with Crippen LogP contribution in [0.4, 0.5) is 0 Å². The molecule has 2 aliphatic heterocycles. The fourth-order valence-corrected chi connectivity index (χ4v) is 3.00. The van der Waals surface area contributed by atoms with Crippen molar-refractivity contribution in [1.29, 1.82) is 0 Å². The Morgan fingerprint density at radius 2 is 2.31 bits per heavy atom. The van der Waals surface area contributed by atoms with Gasteiger partial charge in [-0.3, -0.25) is 9.69 Å². The normalized spacial score (nSPS) is 31.7. The summed E-state index contributed by atoms with van der Waals surface area (Å²) in [5, 5.41) is 11.8. The molecule has 4 nitrogen and oxygen atoms in total. The van der Waals surface area contributed by atoms with Crippen molar-refractivity contribution in [2.45, 2.75) is 38.1 Å². The van der Waals surface area contributed by atoms with Crippen molar-refractivity contribution in [2.24, 2.45) is 5.92 Å². The molecule has 0 spiro atoms. The van der Waals surface area contributed by atoms with E-state index in [4.69, 9.17) is 5.11 Å². The molecule has 2 aliphatic rings. The van der Waals surface area contributed by atoms with Crippen molar-refractivity contribution in [1.82, 2.24) is 10.2 Å². The first-order valence-electron chi connectivity index (χ1n) is 6.43. The number of likely N-dealkylation sites (tertiary alicyclic amines) is 1. The average Bonchev–Trinajstić information content (AvgIpc) is 2.73. The Labute approximate surface area is 97.0 Å². The zero-order valence-corrected chi connectivity index (χ0v) is 9.82. The third-order valence-electron chi connectivity index (χ3n) is 3.82. The highest BCUT2D eigenvalue weighted by atomic mass is 16.3. The van der Waals surface area contributed by atoms with Gasteiger partial charge in [0.05, 0.1) is 0 Å². The largest absolute Gasteiger partial charge is 0.396 e. The number of carbonyl (C=O) groups is 1. The van der Waals surface area contributed by atoms with Gasteiger partial charge in [0.25, 0.3) is 0 Å². The molecule has 2 rings (SSSR count). The van der Waals surface area contributed by atoms with E-state index in [1.807, 2.05) is 0 Å². The van der Waals surface area contributed by atoms with E-state index >= 15 is 0 Å². The zero-order valence-electron chi connectivity index (χ0n) is 9.82. The maximum absolute atomic E-state index is 11.2. The van der Waals surface area contributed by atoms with Crippen molar-refractivity contribution in [2.75, 3.05) is 26.2 Å². The summed E-state index contributed by atoms with van der Waals surface area (Å²) in [5.41, 5.74) is 0. The van der Waals surface area contributed by atoms with Crippen LogP contribution in [0.5, 0.6) is 0 Å². The molecular weight excluding hydrogens is 204 g/mol. The van der Waals surface area contributed by atoms with Gasteiger partial charge in [-0.25, -0.2) is 0 Å². The number of nitrogens with one attached hydrogen (secondary N) is 1. The minimum absolute atomic E-state index is 0.206. The summed E-state index contributed by atoms with van der Waals surface area (Å²) in [6.07, 6.45) is 5.30. The lowest BCUT2D eigenvalue weighted by Gasteiger charge is -2.38. The van der Waals surface area contributed by atoms with Crippen molar-refractivity contribution >= 4 is 5.91 Å². The summed E-state index contributed by atoms with van der Waals surface area (Å²) >= 11 is 0. The van der Waals surface area contributed by atoms with Crippen LogP contribution in [0.15, 0.2) is 0 Å². The van der Waals surface area contributed by atoms with Crippen LogP contribution >= 0.6 is 0 Å². The highest BCUT2D eigenvalue weighted by Crippen LogP contribution is 2.27. The predicted molar refractivity (Wildman–Crippen MR) is 62.0 cm³/mol. The summed E-state index contributed by atoms with van der Waals surface area (Å²) in [5.74, 6) is 0.698. The van der Waals surface area contributed by atoms with Crippen LogP contribution in [-0.4, -0.2) is 48.2 Å². The third-order valence-corrected chi connectivity index (χ3v) is 3.82. The maximum Gasteiger partial charge on any atom is 0.220 e. The average molecular weight is 226 g/mol. The van der Waals surface area contributed by atoms with Gasteiger partial charge in [0.2, 0.25) is 5.91 Å². The second-order valence-corrected chi connectivity index (χ2v) is 4.94. The molecule has 0 aliphatic carbocycles. The Morgan fingerprint density at radius 1 is 1.44 bits per heavy atom. The van der Waals surface area contributed by atoms with Gasteiger partial charge in [-0.2, -0.15) is 0 Å². The SMILES string of the molecule is O=C1CC(C2CCCCN2CCCO)CN1. The molecule has 4 heteroatoms. The molecule has 0 bridgehead atoms. The van der Waals surface area contributed by atoms with E-state index in [0.717, 1.165) is 26.1 Å². The Kier molecular flexibility index (Phi) is 4.18. The van der Waals surface area contributed by atoms with Gasteiger partial charge in [-0.05, 0) is 25.8 Å². The maximum atomic E-state index is 11.2. The van der Waals surface area contributed by atoms with Crippen molar-refractivity contribution in [3.05, 3.63) is 0 Å². The van der Waals surface area contributed by atoms with Crippen LogP contribution in [0.25, 0.3) is 0 Å². The number of piperidine rings is 1. The number of nitrogens with zero attached hydrogens (tertiary/aromatic N) is 1. The molecule has 1 amide bonds. The fourth-order valence-electron chi connectivity index (χ4n) is 3.00. The van der Waals surface area contributed by atoms with E-state index in [1.54, 1.807) is 0 Å². The molecule has 0 aromatic rings. The minimum atomic E-state index is 0.206. The van der Waals surface area contributed by atoms with E-state index in [9.17, 15) is 4.79 Å². The van der Waals surface area contributed by atoms with E-state index < -0.39 is 0 Å². The highest BCUT2D eigenvalue weighted by molar-refractivity contribution is 5.78. The van der Waals surface area contributed by atoms with Crippen molar-refractivity contribution < 1.29 is 9.90 Å². The molecule has 92 valence electrons. The molecule has 2 N–H and O–H groups in total. The Balaban J connectivity index is 1.90. The smallest absolute Gasteiger partial charge is 0.220 e. The number of amides is 1. The van der Waals surface area contributed by atoms with Crippen LogP contribution < -0.4 is 5.32 Å². The first-order chi connectivity index (χ1) is 7.81. The summed E-state index contributed by atoms with van der Waals surface area (Å²) in [6, 6.07) is 0.555. The van der Waals surface area contributed by atoms with Gasteiger partial charge in [-0.1, -0.05) is 6.42 Å². The van der Waals surface area contributed by atoms with Gasteiger partial charge in [0.15, 0.2) is 0 Å². The molecule has 0 aromatic carbocycles. The molecule has 0 aromatic heterocycles. The van der Waals surface area contributed by atoms with E-state index in [2.05, 4.69) is 10.2 Å². The molecule has 2 unspecified atom stereocenters. The number of aliphatic hydroxyl groups excluding tert-OH is 1. The standard InChI is InChI=1S/C12H22N2O2/c15-7-3-6-14-5-2-1-4-11(14)10-8-12(16)13-9-10/h10-11,15H,1-9H2,(H,13,16). The molecule has 2 heterocycles. The molecular formula is C12H22N2O2. The lowest BCUT2D eigenvalue weighted by molar-refractivity contribution is -0.119. The van der Waals surface area contributed by atoms with Gasteiger partial charge in [0, 0.05) is 38.1 Å². The fraction of sp³-hybridized carbons (Fsp3) is 0.917. The van der Waals surface area contributed by atoms with Crippen LogP contribution in [0.3, 0.4) is 0 Å². The summed E-state index contributed by atoms with van der Waals surface area (Å²) in [6.45, 7) is 3.23. The van der Waals surface area contributed by atoms with E-state index in [0.29, 0.717) is 18.4 Å². The Bertz CT molecular complexity index is 245. The van der Waals surface area contributed by atoms with Gasteiger partial charge >= 0.3 is 0 Å². The van der Waals surface area contributed by atoms with Crippen LogP contribution in [0, 0.1) is 5.92 Å². The van der Waals surface area contributed by atoms with Crippen molar-refractivity contribution in [3.8, 4) is 0 Å². The van der Waals surface area contributed by atoms with Crippen LogP contribution in [0.1, 0.15) is 32.1 Å². The number of hydrogen-bond acceptors (Lipinski definition) is 3. The molecule has 2 saturated heterocycles. The number of hydrogen-bond donors (Lipinski definition) is 2. The predicted octanol–water partition coefficient (Wildman–Crippen LogP) is 0.359. The van der Waals surface area contributed by atoms with Gasteiger partial charge in [-0.15, -0.1) is 0 Å². The molecule has 2 atom stereocenters. The Morgan fingerprint density at radius 3 is 3.00 bits per heavy atom. The molecule has 0 saturated carbocycles. The number of aliphatic hydroxyl groups is 1. The minimum Gasteiger partial charge on any atom is -0.396 e. The summed E-state index contributed by atoms with van der Waals surface area (Å²) in [7, 11) is 0. The first kappa shape index (κ1) is 11.9. The van der Waals surface area contributed by atoms with Gasteiger partial charge < -0.3 is 10.4 Å². The summed E-state index contributed by atoms with van der Waals surface area (Å²) < 4.78 is 0. The van der Waals surface area contributed by atoms with Crippen LogP contribution in [-0.2, 0) is 4.79 Å². The van der Waals surface area contributed by atoms with Crippen molar-refractivity contribution in [3.63, 3.8) is 0 Å². The highest BCUT2D eigenvalue weighted by Gasteiger charge is 2.34. The van der Waals surface area contributed by atoms with E-state index in [1.165, 1.54) is 19.3 Å². The molecule has 16 heavy (non-hydrogen) atoms. The third kappa shape index (κ3) is 2.74. The topological polar surface area (TPSA) is 52.6 Å². The first-order valence-corrected chi connectivity index (χ1v) is 6.43. The van der Waals surface area contributed by atoms with Gasteiger partial charge in [0.1, 0.15) is 0 Å². The quantitative estimate of drug-likeness (QED) is 0.728. The van der Waals surface area contributed by atoms with Crippen LogP contribution in [0.2, 0.25) is 0 Å². The second kappa shape index (κ2) is 5.64. The molecule has 0 radical (unpaired) electrons. The lowest BCUT2D eigenvalue weighted by Crippen LogP contribution is -2.45. The molecule has 2 fully saturated rings. The van der Waals surface area contributed by atoms with E-state index in [-0.39, 0.29) is 12.5 Å². The lowest BCUT2D eigenvalue weighted by atomic mass is 9.89. The number of carbonyl (C=O) groups excluding carboxylic acids is 1. The monoisotopic (exact) mass is 226 g/mol.